The van der Waals surface area contributed by atoms with Crippen LogP contribution in [-0.4, -0.2) is 32.8 Å². The maximum atomic E-state index is 12.8. The monoisotopic (exact) mass is 400 g/mol. The predicted octanol–water partition coefficient (Wildman–Crippen LogP) is 5.01. The molecule has 6 heteroatoms. The molecule has 152 valence electrons. The Labute approximate surface area is 176 Å². The van der Waals surface area contributed by atoms with Crippen LogP contribution in [0.2, 0.25) is 0 Å². The lowest BCUT2D eigenvalue weighted by Gasteiger charge is -2.28. The fourth-order valence-corrected chi connectivity index (χ4v) is 3.30. The van der Waals surface area contributed by atoms with E-state index < -0.39 is 11.7 Å². The van der Waals surface area contributed by atoms with E-state index in [9.17, 15) is 4.79 Å². The van der Waals surface area contributed by atoms with Crippen molar-refractivity contribution in [2.24, 2.45) is 0 Å². The second-order valence-corrected chi connectivity index (χ2v) is 8.05. The molecule has 4 rings (SSSR count). The van der Waals surface area contributed by atoms with Gasteiger partial charge in [0.2, 0.25) is 0 Å². The Kier molecular flexibility index (Phi) is 5.23. The molecular formula is C24H24N4O2. The molecule has 30 heavy (non-hydrogen) atoms. The Balaban J connectivity index is 1.75. The van der Waals surface area contributed by atoms with E-state index in [2.05, 4.69) is 27.1 Å². The third-order valence-corrected chi connectivity index (χ3v) is 4.57. The first-order valence-electron chi connectivity index (χ1n) is 9.82. The number of rotatable bonds is 3. The fraction of sp³-hybridized carbons (Fsp3) is 0.208. The number of ether oxygens (including phenoxy) is 1. The zero-order chi connectivity index (χ0) is 21.1. The molecule has 4 heterocycles. The summed E-state index contributed by atoms with van der Waals surface area (Å²) in [5.41, 5.74) is 3.99. The minimum atomic E-state index is -0.569. The summed E-state index contributed by atoms with van der Waals surface area (Å²) in [6.07, 6.45) is 10.8. The molecule has 0 saturated carbocycles. The van der Waals surface area contributed by atoms with Gasteiger partial charge in [-0.3, -0.25) is 14.5 Å². The van der Waals surface area contributed by atoms with E-state index in [1.54, 1.807) is 23.2 Å². The molecule has 1 aliphatic rings. The molecule has 0 fully saturated rings. The minimum Gasteiger partial charge on any atom is -0.443 e. The summed E-state index contributed by atoms with van der Waals surface area (Å²) >= 11 is 0. The Morgan fingerprint density at radius 1 is 1.07 bits per heavy atom. The summed E-state index contributed by atoms with van der Waals surface area (Å²) in [5.74, 6) is 0. The molecule has 0 aliphatic carbocycles. The molecule has 0 N–H and O–H groups in total. The lowest BCUT2D eigenvalue weighted by Crippen LogP contribution is -2.29. The molecule has 0 unspecified atom stereocenters. The van der Waals surface area contributed by atoms with Crippen molar-refractivity contribution in [3.63, 3.8) is 0 Å². The van der Waals surface area contributed by atoms with E-state index in [0.29, 0.717) is 6.54 Å². The van der Waals surface area contributed by atoms with Crippen LogP contribution in [0.5, 0.6) is 0 Å². The standard InChI is InChI=1S/C24H24N4O2/c1-24(2,3)30-23(29)28-13-7-10-22(28)19-14-18(21-9-4-5-12-26-21)16-27(17-19)20-8-6-11-25-15-20/h4-16H,17H2,1-3H3. The molecule has 6 nitrogen and oxygen atoms in total. The van der Waals surface area contributed by atoms with Gasteiger partial charge in [-0.15, -0.1) is 0 Å². The van der Waals surface area contributed by atoms with Crippen LogP contribution in [0.15, 0.2) is 79.5 Å². The lowest BCUT2D eigenvalue weighted by atomic mass is 10.0. The number of allylic oxidation sites excluding steroid dienone is 2. The van der Waals surface area contributed by atoms with Crippen LogP contribution in [0.25, 0.3) is 11.1 Å². The summed E-state index contributed by atoms with van der Waals surface area (Å²) < 4.78 is 7.14. The normalized spacial score (nSPS) is 14.2. The molecule has 1 aliphatic heterocycles. The van der Waals surface area contributed by atoms with Crippen LogP contribution in [0.4, 0.5) is 10.5 Å². The third kappa shape index (κ3) is 4.33. The average molecular weight is 400 g/mol. The van der Waals surface area contributed by atoms with Crippen LogP contribution in [0.3, 0.4) is 0 Å². The number of aromatic nitrogens is 3. The molecule has 0 bridgehead atoms. The van der Waals surface area contributed by atoms with Gasteiger partial charge in [0.05, 0.1) is 23.3 Å². The van der Waals surface area contributed by atoms with Gasteiger partial charge >= 0.3 is 6.09 Å². The molecule has 3 aromatic rings. The number of hydrogen-bond donors (Lipinski definition) is 0. The number of carbonyl (C=O) groups is 1. The first-order valence-corrected chi connectivity index (χ1v) is 9.82. The van der Waals surface area contributed by atoms with E-state index in [1.807, 2.05) is 69.4 Å². The number of carbonyl (C=O) groups excluding carboxylic acids is 1. The van der Waals surface area contributed by atoms with Gasteiger partial charge in [-0.2, -0.15) is 0 Å². The zero-order valence-corrected chi connectivity index (χ0v) is 17.3. The molecule has 0 spiro atoms. The molecule has 0 atom stereocenters. The fourth-order valence-electron chi connectivity index (χ4n) is 3.30. The maximum absolute atomic E-state index is 12.8. The lowest BCUT2D eigenvalue weighted by molar-refractivity contribution is 0.0536. The van der Waals surface area contributed by atoms with Crippen molar-refractivity contribution in [2.45, 2.75) is 26.4 Å². The van der Waals surface area contributed by atoms with Gasteiger partial charge < -0.3 is 9.64 Å². The molecule has 0 amide bonds. The number of hydrogen-bond acceptors (Lipinski definition) is 5. The van der Waals surface area contributed by atoms with Crippen LogP contribution in [-0.2, 0) is 4.74 Å². The second-order valence-electron chi connectivity index (χ2n) is 8.05. The first kappa shape index (κ1) is 19.6. The highest BCUT2D eigenvalue weighted by molar-refractivity contribution is 5.90. The van der Waals surface area contributed by atoms with E-state index in [1.165, 1.54) is 0 Å². The van der Waals surface area contributed by atoms with Gasteiger partial charge in [0, 0.05) is 36.9 Å². The predicted molar refractivity (Wildman–Crippen MR) is 118 cm³/mol. The molecule has 3 aromatic heterocycles. The topological polar surface area (TPSA) is 60.3 Å². The Hall–Kier alpha value is -3.67. The van der Waals surface area contributed by atoms with Crippen LogP contribution in [0.1, 0.15) is 32.2 Å². The van der Waals surface area contributed by atoms with Crippen molar-refractivity contribution >= 4 is 22.9 Å². The average Bonchev–Trinajstić information content (AvgIpc) is 3.24. The van der Waals surface area contributed by atoms with Gasteiger partial charge in [0.25, 0.3) is 0 Å². The summed E-state index contributed by atoms with van der Waals surface area (Å²) in [4.78, 5) is 23.6. The van der Waals surface area contributed by atoms with Crippen LogP contribution in [0, 0.1) is 0 Å². The van der Waals surface area contributed by atoms with E-state index >= 15 is 0 Å². The first-order chi connectivity index (χ1) is 14.4. The summed E-state index contributed by atoms with van der Waals surface area (Å²) in [6, 6.07) is 13.5. The minimum absolute atomic E-state index is 0.398. The van der Waals surface area contributed by atoms with E-state index in [4.69, 9.17) is 4.74 Å². The number of anilines is 1. The summed E-state index contributed by atoms with van der Waals surface area (Å²) in [7, 11) is 0. The summed E-state index contributed by atoms with van der Waals surface area (Å²) in [6.45, 7) is 6.18. The van der Waals surface area contributed by atoms with Gasteiger partial charge in [0.1, 0.15) is 5.60 Å². The second kappa shape index (κ2) is 7.99. The quantitative estimate of drug-likeness (QED) is 0.619. The molecule has 0 aromatic carbocycles. The number of pyridine rings is 2. The Bertz CT molecular complexity index is 1090. The van der Waals surface area contributed by atoms with Gasteiger partial charge in [0.15, 0.2) is 0 Å². The van der Waals surface area contributed by atoms with Gasteiger partial charge in [-0.1, -0.05) is 6.07 Å². The van der Waals surface area contributed by atoms with Crippen molar-refractivity contribution in [3.8, 4) is 0 Å². The Morgan fingerprint density at radius 3 is 2.63 bits per heavy atom. The SMILES string of the molecule is CC(C)(C)OC(=O)n1cccc1C1=CC(c2ccccn2)=CN(c2cccnc2)C1. The van der Waals surface area contributed by atoms with Gasteiger partial charge in [-0.05, 0) is 68.8 Å². The van der Waals surface area contributed by atoms with Crippen molar-refractivity contribution in [2.75, 3.05) is 11.4 Å². The van der Waals surface area contributed by atoms with Crippen molar-refractivity contribution in [3.05, 3.63) is 90.9 Å². The van der Waals surface area contributed by atoms with Crippen molar-refractivity contribution in [1.29, 1.82) is 0 Å². The third-order valence-electron chi connectivity index (χ3n) is 4.57. The van der Waals surface area contributed by atoms with Crippen LogP contribution >= 0.6 is 0 Å². The van der Waals surface area contributed by atoms with Crippen molar-refractivity contribution in [1.82, 2.24) is 14.5 Å². The molecular weight excluding hydrogens is 376 g/mol. The highest BCUT2D eigenvalue weighted by Crippen LogP contribution is 2.31. The van der Waals surface area contributed by atoms with E-state index in [-0.39, 0.29) is 0 Å². The summed E-state index contributed by atoms with van der Waals surface area (Å²) in [5, 5.41) is 0. The molecule has 0 saturated heterocycles. The highest BCUT2D eigenvalue weighted by atomic mass is 16.6. The Morgan fingerprint density at radius 2 is 1.93 bits per heavy atom. The smallest absolute Gasteiger partial charge is 0.418 e. The van der Waals surface area contributed by atoms with Crippen molar-refractivity contribution < 1.29 is 9.53 Å². The number of nitrogens with zero attached hydrogens (tertiary/aromatic N) is 4. The van der Waals surface area contributed by atoms with Crippen LogP contribution < -0.4 is 4.90 Å². The largest absolute Gasteiger partial charge is 0.443 e. The highest BCUT2D eigenvalue weighted by Gasteiger charge is 2.23. The van der Waals surface area contributed by atoms with E-state index in [0.717, 1.165) is 28.2 Å². The van der Waals surface area contributed by atoms with Gasteiger partial charge in [-0.25, -0.2) is 4.79 Å². The molecule has 0 radical (unpaired) electrons. The zero-order valence-electron chi connectivity index (χ0n) is 17.3. The maximum Gasteiger partial charge on any atom is 0.418 e.